The number of nitro benzene ring substituents is 1. The lowest BCUT2D eigenvalue weighted by Crippen LogP contribution is -2.46. The third kappa shape index (κ3) is 5.37. The van der Waals surface area contributed by atoms with Gasteiger partial charge in [-0.3, -0.25) is 24.5 Å². The molecule has 0 aromatic heterocycles. The van der Waals surface area contributed by atoms with Crippen LogP contribution in [0.25, 0.3) is 0 Å². The molecule has 1 aliphatic carbocycles. The number of carbonyl (C=O) groups is 3. The Morgan fingerprint density at radius 3 is 2.53 bits per heavy atom. The third-order valence-electron chi connectivity index (χ3n) is 6.94. The predicted octanol–water partition coefficient (Wildman–Crippen LogP) is 5.38. The van der Waals surface area contributed by atoms with Crippen LogP contribution in [0.4, 0.5) is 11.4 Å². The van der Waals surface area contributed by atoms with Gasteiger partial charge in [0, 0.05) is 24.2 Å². The molecule has 0 N–H and O–H groups in total. The smallest absolute Gasteiger partial charge is 0.270 e. The van der Waals surface area contributed by atoms with Crippen molar-refractivity contribution in [3.05, 3.63) is 81.4 Å². The molecule has 4 rings (SSSR count). The van der Waals surface area contributed by atoms with Crippen molar-refractivity contribution in [3.8, 4) is 0 Å². The normalized spacial score (nSPS) is 17.9. The number of allylic oxidation sites excluding steroid dienone is 1. The van der Waals surface area contributed by atoms with E-state index in [4.69, 9.17) is 0 Å². The first-order valence-electron chi connectivity index (χ1n) is 12.5. The second-order valence-corrected chi connectivity index (χ2v) is 9.70. The van der Waals surface area contributed by atoms with Gasteiger partial charge in [0.2, 0.25) is 5.91 Å². The van der Waals surface area contributed by atoms with Crippen molar-refractivity contribution in [2.45, 2.75) is 64.3 Å². The van der Waals surface area contributed by atoms with Crippen LogP contribution in [0.3, 0.4) is 0 Å². The van der Waals surface area contributed by atoms with Crippen molar-refractivity contribution in [2.24, 2.45) is 0 Å². The molecule has 1 saturated heterocycles. The van der Waals surface area contributed by atoms with Gasteiger partial charge in [-0.15, -0.1) is 0 Å². The largest absolute Gasteiger partial charge is 0.326 e. The lowest BCUT2D eigenvalue weighted by Gasteiger charge is -2.28. The van der Waals surface area contributed by atoms with Crippen molar-refractivity contribution in [1.29, 1.82) is 0 Å². The molecule has 0 saturated carbocycles. The molecular formula is C28H31N3O5. The topological polar surface area (TPSA) is 101 Å². The number of hydrogen-bond acceptors (Lipinski definition) is 5. The molecule has 2 aromatic rings. The summed E-state index contributed by atoms with van der Waals surface area (Å²) in [7, 11) is 0. The highest BCUT2D eigenvalue weighted by Crippen LogP contribution is 2.30. The standard InChI is InChI=1S/C28H31N3O5/c1-19(2)21-11-13-23(14-12-21)30-26(32)18-25(28(30)34)29(16-15-20-7-4-3-5-8-20)27(33)22-9-6-10-24(17-22)31(35)36/h6-7,9-14,17,19,25H,3-5,8,15-16,18H2,1-2H3. The summed E-state index contributed by atoms with van der Waals surface area (Å²) in [6.07, 6.45) is 6.83. The van der Waals surface area contributed by atoms with Gasteiger partial charge in [-0.2, -0.15) is 0 Å². The van der Waals surface area contributed by atoms with E-state index in [0.29, 0.717) is 18.0 Å². The van der Waals surface area contributed by atoms with E-state index in [1.54, 1.807) is 12.1 Å². The number of non-ortho nitro benzene ring substituents is 1. The zero-order valence-electron chi connectivity index (χ0n) is 20.7. The Labute approximate surface area is 210 Å². The monoisotopic (exact) mass is 489 g/mol. The predicted molar refractivity (Wildman–Crippen MR) is 137 cm³/mol. The summed E-state index contributed by atoms with van der Waals surface area (Å²) in [5, 5.41) is 11.3. The van der Waals surface area contributed by atoms with Crippen molar-refractivity contribution in [2.75, 3.05) is 11.4 Å². The number of nitro groups is 1. The molecule has 2 aliphatic rings. The number of amides is 3. The van der Waals surface area contributed by atoms with Crippen LogP contribution >= 0.6 is 0 Å². The number of anilines is 1. The fourth-order valence-corrected chi connectivity index (χ4v) is 4.85. The Hall–Kier alpha value is -3.81. The Balaban J connectivity index is 1.62. The second-order valence-electron chi connectivity index (χ2n) is 9.70. The molecule has 1 atom stereocenters. The summed E-state index contributed by atoms with van der Waals surface area (Å²) < 4.78 is 0. The average molecular weight is 490 g/mol. The Morgan fingerprint density at radius 1 is 1.14 bits per heavy atom. The van der Waals surface area contributed by atoms with Crippen molar-refractivity contribution in [1.82, 2.24) is 4.90 Å². The molecule has 1 aliphatic heterocycles. The van der Waals surface area contributed by atoms with E-state index in [-0.39, 0.29) is 30.1 Å². The van der Waals surface area contributed by atoms with E-state index in [0.717, 1.165) is 36.1 Å². The lowest BCUT2D eigenvalue weighted by molar-refractivity contribution is -0.384. The minimum Gasteiger partial charge on any atom is -0.326 e. The van der Waals surface area contributed by atoms with Gasteiger partial charge in [0.25, 0.3) is 17.5 Å². The number of rotatable bonds is 8. The van der Waals surface area contributed by atoms with E-state index in [2.05, 4.69) is 19.9 Å². The van der Waals surface area contributed by atoms with Gasteiger partial charge >= 0.3 is 0 Å². The molecule has 188 valence electrons. The molecule has 0 bridgehead atoms. The molecule has 1 fully saturated rings. The maximum atomic E-state index is 13.6. The fourth-order valence-electron chi connectivity index (χ4n) is 4.85. The van der Waals surface area contributed by atoms with E-state index in [1.807, 2.05) is 12.1 Å². The maximum absolute atomic E-state index is 13.6. The molecular weight excluding hydrogens is 458 g/mol. The first-order chi connectivity index (χ1) is 17.3. The highest BCUT2D eigenvalue weighted by molar-refractivity contribution is 6.23. The minimum absolute atomic E-state index is 0.121. The van der Waals surface area contributed by atoms with E-state index >= 15 is 0 Å². The summed E-state index contributed by atoms with van der Waals surface area (Å²) in [6, 6.07) is 11.9. The molecule has 8 nitrogen and oxygen atoms in total. The van der Waals surface area contributed by atoms with E-state index in [1.165, 1.54) is 34.7 Å². The van der Waals surface area contributed by atoms with Crippen LogP contribution in [0.2, 0.25) is 0 Å². The lowest BCUT2D eigenvalue weighted by atomic mass is 9.96. The van der Waals surface area contributed by atoms with Crippen molar-refractivity contribution < 1.29 is 19.3 Å². The average Bonchev–Trinajstić information content (AvgIpc) is 3.18. The van der Waals surface area contributed by atoms with E-state index in [9.17, 15) is 24.5 Å². The summed E-state index contributed by atoms with van der Waals surface area (Å²) in [4.78, 5) is 53.4. The van der Waals surface area contributed by atoms with Gasteiger partial charge in [-0.1, -0.05) is 43.7 Å². The molecule has 8 heteroatoms. The minimum atomic E-state index is -0.960. The molecule has 36 heavy (non-hydrogen) atoms. The molecule has 0 radical (unpaired) electrons. The summed E-state index contributed by atoms with van der Waals surface area (Å²) in [5.74, 6) is -0.989. The zero-order valence-corrected chi connectivity index (χ0v) is 20.7. The molecule has 1 heterocycles. The molecule has 1 unspecified atom stereocenters. The Bertz CT molecular complexity index is 1200. The highest BCUT2D eigenvalue weighted by Gasteiger charge is 2.44. The highest BCUT2D eigenvalue weighted by atomic mass is 16.6. The number of imide groups is 1. The summed E-state index contributed by atoms with van der Waals surface area (Å²) in [5.41, 5.74) is 2.74. The number of benzene rings is 2. The van der Waals surface area contributed by atoms with Crippen LogP contribution in [0.5, 0.6) is 0 Å². The second kappa shape index (κ2) is 10.8. The Morgan fingerprint density at radius 2 is 1.89 bits per heavy atom. The van der Waals surface area contributed by atoms with Gasteiger partial charge in [0.1, 0.15) is 6.04 Å². The van der Waals surface area contributed by atoms with Crippen LogP contribution in [-0.2, 0) is 9.59 Å². The molecule has 2 aromatic carbocycles. The third-order valence-corrected chi connectivity index (χ3v) is 6.94. The van der Waals surface area contributed by atoms with Gasteiger partial charge in [-0.05, 0) is 61.8 Å². The molecule has 3 amide bonds. The van der Waals surface area contributed by atoms with Gasteiger partial charge in [0.05, 0.1) is 17.0 Å². The molecule has 0 spiro atoms. The fraction of sp³-hybridized carbons (Fsp3) is 0.393. The van der Waals surface area contributed by atoms with Crippen LogP contribution in [0, 0.1) is 10.1 Å². The Kier molecular flexibility index (Phi) is 7.62. The number of hydrogen-bond donors (Lipinski definition) is 0. The van der Waals surface area contributed by atoms with Crippen LogP contribution < -0.4 is 4.90 Å². The number of carbonyl (C=O) groups excluding carboxylic acids is 3. The van der Waals surface area contributed by atoms with Gasteiger partial charge < -0.3 is 4.90 Å². The summed E-state index contributed by atoms with van der Waals surface area (Å²) in [6.45, 7) is 4.39. The van der Waals surface area contributed by atoms with Crippen LogP contribution in [0.15, 0.2) is 60.2 Å². The van der Waals surface area contributed by atoms with E-state index < -0.39 is 22.8 Å². The van der Waals surface area contributed by atoms with Crippen LogP contribution in [-0.4, -0.2) is 40.1 Å². The van der Waals surface area contributed by atoms with Crippen molar-refractivity contribution >= 4 is 29.1 Å². The first kappa shape index (κ1) is 25.3. The van der Waals surface area contributed by atoms with Gasteiger partial charge in [0.15, 0.2) is 0 Å². The number of nitrogens with zero attached hydrogens (tertiary/aromatic N) is 3. The van der Waals surface area contributed by atoms with Crippen LogP contribution in [0.1, 0.15) is 74.2 Å². The van der Waals surface area contributed by atoms with Crippen molar-refractivity contribution in [3.63, 3.8) is 0 Å². The zero-order chi connectivity index (χ0) is 25.8. The first-order valence-corrected chi connectivity index (χ1v) is 12.5. The summed E-state index contributed by atoms with van der Waals surface area (Å²) >= 11 is 0. The van der Waals surface area contributed by atoms with Gasteiger partial charge in [-0.25, -0.2) is 4.90 Å². The SMILES string of the molecule is CC(C)c1ccc(N2C(=O)CC(N(CCC3=CCCCC3)C(=O)c3cccc([N+](=O)[O-])c3)C2=O)cc1. The maximum Gasteiger partial charge on any atom is 0.270 e. The quantitative estimate of drug-likeness (QED) is 0.214.